The molecule has 1 heterocycles. The van der Waals surface area contributed by atoms with Crippen LogP contribution in [0.4, 0.5) is 13.2 Å². The zero-order chi connectivity index (χ0) is 22.3. The Bertz CT molecular complexity index is 1010. The third-order valence-corrected chi connectivity index (χ3v) is 4.77. The van der Waals surface area contributed by atoms with Crippen LogP contribution < -0.4 is 10.6 Å². The Balaban J connectivity index is 1.61. The molecule has 3 rings (SSSR count). The number of aliphatic imine (C=N–C) groups is 1. The van der Waals surface area contributed by atoms with E-state index < -0.39 is 11.7 Å². The Morgan fingerprint density at radius 1 is 1.03 bits per heavy atom. The van der Waals surface area contributed by atoms with Gasteiger partial charge < -0.3 is 15.2 Å². The first-order valence-electron chi connectivity index (χ1n) is 10.1. The number of hydrogen-bond acceptors (Lipinski definition) is 2. The topological polar surface area (TPSA) is 54.2 Å². The van der Waals surface area contributed by atoms with Crippen LogP contribution in [0.2, 0.25) is 0 Å². The monoisotopic (exact) mass is 429 g/mol. The standard InChI is InChI=1S/C23H26F3N5/c1-3-27-22(29-14-18-7-9-21(10-8-18)23(24,25)26)30-15-19-5-4-6-20(13-19)16-31-12-11-28-17(31)2/h4-13H,3,14-16H2,1-2H3,(H2,27,29,30). The maximum absolute atomic E-state index is 12.7. The highest BCUT2D eigenvalue weighted by molar-refractivity contribution is 5.79. The Morgan fingerprint density at radius 2 is 1.77 bits per heavy atom. The van der Waals surface area contributed by atoms with Crippen molar-refractivity contribution in [1.29, 1.82) is 0 Å². The van der Waals surface area contributed by atoms with Gasteiger partial charge in [0.05, 0.1) is 12.1 Å². The molecule has 0 bridgehead atoms. The van der Waals surface area contributed by atoms with Gasteiger partial charge in [-0.3, -0.25) is 0 Å². The van der Waals surface area contributed by atoms with E-state index in [0.717, 1.165) is 41.2 Å². The average molecular weight is 429 g/mol. The molecular formula is C23H26F3N5. The van der Waals surface area contributed by atoms with Gasteiger partial charge in [0.15, 0.2) is 5.96 Å². The number of halogens is 3. The molecular weight excluding hydrogens is 403 g/mol. The summed E-state index contributed by atoms with van der Waals surface area (Å²) in [5.74, 6) is 1.57. The number of guanidine groups is 1. The highest BCUT2D eigenvalue weighted by Crippen LogP contribution is 2.29. The molecule has 0 aliphatic rings. The predicted octanol–water partition coefficient (Wildman–Crippen LogP) is 4.51. The van der Waals surface area contributed by atoms with Crippen molar-refractivity contribution in [3.63, 3.8) is 0 Å². The lowest BCUT2D eigenvalue weighted by Crippen LogP contribution is -2.36. The van der Waals surface area contributed by atoms with E-state index in [2.05, 4.69) is 37.3 Å². The summed E-state index contributed by atoms with van der Waals surface area (Å²) in [5, 5.41) is 6.33. The van der Waals surface area contributed by atoms with Crippen LogP contribution >= 0.6 is 0 Å². The van der Waals surface area contributed by atoms with E-state index in [-0.39, 0.29) is 0 Å². The van der Waals surface area contributed by atoms with Crippen LogP contribution in [0, 0.1) is 6.92 Å². The second kappa shape index (κ2) is 10.1. The van der Waals surface area contributed by atoms with Gasteiger partial charge in [-0.25, -0.2) is 9.98 Å². The fraction of sp³-hybridized carbons (Fsp3) is 0.304. The number of benzene rings is 2. The van der Waals surface area contributed by atoms with Crippen molar-refractivity contribution >= 4 is 5.96 Å². The zero-order valence-corrected chi connectivity index (χ0v) is 17.6. The summed E-state index contributed by atoms with van der Waals surface area (Å²) >= 11 is 0. The van der Waals surface area contributed by atoms with E-state index >= 15 is 0 Å². The number of imidazole rings is 1. The molecule has 0 aliphatic heterocycles. The molecule has 0 saturated carbocycles. The van der Waals surface area contributed by atoms with Crippen LogP contribution in [0.5, 0.6) is 0 Å². The molecule has 0 fully saturated rings. The predicted molar refractivity (Wildman–Crippen MR) is 116 cm³/mol. The Labute approximate surface area is 180 Å². The lowest BCUT2D eigenvalue weighted by atomic mass is 10.1. The van der Waals surface area contributed by atoms with Crippen molar-refractivity contribution in [1.82, 2.24) is 20.2 Å². The van der Waals surface area contributed by atoms with Crippen LogP contribution in [0.15, 0.2) is 65.9 Å². The van der Waals surface area contributed by atoms with Crippen LogP contribution in [-0.2, 0) is 25.8 Å². The van der Waals surface area contributed by atoms with Crippen molar-refractivity contribution in [3.8, 4) is 0 Å². The van der Waals surface area contributed by atoms with Gasteiger partial charge in [-0.15, -0.1) is 0 Å². The number of aromatic nitrogens is 2. The van der Waals surface area contributed by atoms with E-state index in [1.54, 1.807) is 6.20 Å². The summed E-state index contributed by atoms with van der Waals surface area (Å²) in [7, 11) is 0. The molecule has 0 atom stereocenters. The van der Waals surface area contributed by atoms with Crippen molar-refractivity contribution in [2.45, 2.75) is 39.7 Å². The van der Waals surface area contributed by atoms with Crippen LogP contribution in [0.3, 0.4) is 0 Å². The Kier molecular flexibility index (Phi) is 7.33. The molecule has 0 radical (unpaired) electrons. The quantitative estimate of drug-likeness (QED) is 0.429. The minimum atomic E-state index is -4.33. The highest BCUT2D eigenvalue weighted by Gasteiger charge is 2.29. The number of alkyl halides is 3. The second-order valence-electron chi connectivity index (χ2n) is 7.17. The fourth-order valence-corrected chi connectivity index (χ4v) is 3.10. The van der Waals surface area contributed by atoms with Crippen LogP contribution in [0.1, 0.15) is 35.0 Å². The van der Waals surface area contributed by atoms with Crippen molar-refractivity contribution in [3.05, 3.63) is 89.0 Å². The van der Waals surface area contributed by atoms with Gasteiger partial charge in [-0.05, 0) is 42.7 Å². The first-order chi connectivity index (χ1) is 14.8. The summed E-state index contributed by atoms with van der Waals surface area (Å²) < 4.78 is 40.2. The van der Waals surface area contributed by atoms with Gasteiger partial charge in [0.25, 0.3) is 0 Å². The minimum absolute atomic E-state index is 0.379. The summed E-state index contributed by atoms with van der Waals surface area (Å²) in [6.07, 6.45) is -0.587. The summed E-state index contributed by atoms with van der Waals surface area (Å²) in [5.41, 5.74) is 2.33. The number of aryl methyl sites for hydroxylation is 1. The maximum Gasteiger partial charge on any atom is 0.416 e. The number of nitrogens with one attached hydrogen (secondary N) is 2. The summed E-state index contributed by atoms with van der Waals surface area (Å²) in [6, 6.07) is 13.3. The van der Waals surface area contributed by atoms with Gasteiger partial charge >= 0.3 is 6.18 Å². The SMILES string of the molecule is CCNC(=NCc1cccc(Cn2ccnc2C)c1)NCc1ccc(C(F)(F)F)cc1. The molecule has 0 spiro atoms. The summed E-state index contributed by atoms with van der Waals surface area (Å²) in [4.78, 5) is 8.85. The van der Waals surface area contributed by atoms with Crippen molar-refractivity contribution in [2.24, 2.45) is 4.99 Å². The normalized spacial score (nSPS) is 12.1. The highest BCUT2D eigenvalue weighted by atomic mass is 19.4. The molecule has 2 aromatic carbocycles. The van der Waals surface area contributed by atoms with Crippen LogP contribution in [-0.4, -0.2) is 22.1 Å². The molecule has 3 aromatic rings. The van der Waals surface area contributed by atoms with E-state index in [4.69, 9.17) is 0 Å². The lowest BCUT2D eigenvalue weighted by molar-refractivity contribution is -0.137. The lowest BCUT2D eigenvalue weighted by Gasteiger charge is -2.13. The van der Waals surface area contributed by atoms with E-state index in [1.165, 1.54) is 12.1 Å². The molecule has 31 heavy (non-hydrogen) atoms. The molecule has 0 amide bonds. The van der Waals surface area contributed by atoms with Gasteiger partial charge in [0.1, 0.15) is 5.82 Å². The number of nitrogens with zero attached hydrogens (tertiary/aromatic N) is 3. The molecule has 0 unspecified atom stereocenters. The second-order valence-corrected chi connectivity index (χ2v) is 7.17. The summed E-state index contributed by atoms with van der Waals surface area (Å²) in [6.45, 7) is 6.22. The zero-order valence-electron chi connectivity index (χ0n) is 17.6. The van der Waals surface area contributed by atoms with Crippen LogP contribution in [0.25, 0.3) is 0 Å². The Morgan fingerprint density at radius 3 is 2.42 bits per heavy atom. The number of rotatable bonds is 7. The van der Waals surface area contributed by atoms with Crippen molar-refractivity contribution in [2.75, 3.05) is 6.54 Å². The maximum atomic E-state index is 12.7. The molecule has 2 N–H and O–H groups in total. The third-order valence-electron chi connectivity index (χ3n) is 4.77. The smallest absolute Gasteiger partial charge is 0.357 e. The molecule has 5 nitrogen and oxygen atoms in total. The first kappa shape index (κ1) is 22.4. The van der Waals surface area contributed by atoms with E-state index in [0.29, 0.717) is 25.6 Å². The average Bonchev–Trinajstić information content (AvgIpc) is 3.14. The fourth-order valence-electron chi connectivity index (χ4n) is 3.10. The Hall–Kier alpha value is -3.29. The first-order valence-corrected chi connectivity index (χ1v) is 10.1. The third kappa shape index (κ3) is 6.60. The van der Waals surface area contributed by atoms with Crippen molar-refractivity contribution < 1.29 is 13.2 Å². The minimum Gasteiger partial charge on any atom is -0.357 e. The van der Waals surface area contributed by atoms with Gasteiger partial charge in [-0.2, -0.15) is 13.2 Å². The largest absolute Gasteiger partial charge is 0.416 e. The molecule has 164 valence electrons. The molecule has 0 aliphatic carbocycles. The van der Waals surface area contributed by atoms with E-state index in [1.807, 2.05) is 32.2 Å². The molecule has 0 saturated heterocycles. The molecule has 1 aromatic heterocycles. The van der Waals surface area contributed by atoms with Gasteiger partial charge in [0.2, 0.25) is 0 Å². The number of hydrogen-bond donors (Lipinski definition) is 2. The molecule has 8 heteroatoms. The van der Waals surface area contributed by atoms with Gasteiger partial charge in [-0.1, -0.05) is 36.4 Å². The van der Waals surface area contributed by atoms with E-state index in [9.17, 15) is 13.2 Å². The van der Waals surface area contributed by atoms with Gasteiger partial charge in [0, 0.05) is 32.0 Å².